The molecule has 2 atom stereocenters. The van der Waals surface area contributed by atoms with Crippen LogP contribution < -0.4 is 15.5 Å². The molecule has 0 saturated heterocycles. The SMILES string of the molecule is O=C(/C=C/[C@H](Oc1ccccc1)[C@@H](OC(=O)NC(=O)c1ccccc1)c1cc(Br)cc(Br)c1O)NO. The minimum Gasteiger partial charge on any atom is -0.506 e. The summed E-state index contributed by atoms with van der Waals surface area (Å²) < 4.78 is 12.4. The van der Waals surface area contributed by atoms with E-state index in [0.29, 0.717) is 10.2 Å². The standard InChI is InChI=1S/C25H20Br2N2O7/c26-16-13-18(22(31)19(27)14-16)23(36-25(33)28-24(32)15-7-3-1-4-8-15)20(11-12-21(30)29-34)35-17-9-5-2-6-10-17/h1-14,20,23,31,34H,(H,29,30)(H,28,32,33)/b12-11+/t20-,23-/m0/s1. The van der Waals surface area contributed by atoms with Crippen molar-refractivity contribution in [1.82, 2.24) is 10.8 Å². The number of hydrogen-bond acceptors (Lipinski definition) is 7. The molecule has 0 bridgehead atoms. The van der Waals surface area contributed by atoms with Crippen LogP contribution in [-0.2, 0) is 9.53 Å². The number of phenolic OH excluding ortho intramolecular Hbond substituents is 1. The molecule has 0 aliphatic rings. The predicted molar refractivity (Wildman–Crippen MR) is 137 cm³/mol. The van der Waals surface area contributed by atoms with Gasteiger partial charge in [0.2, 0.25) is 0 Å². The third-order valence-corrected chi connectivity index (χ3v) is 5.77. The van der Waals surface area contributed by atoms with Crippen molar-refractivity contribution in [2.24, 2.45) is 0 Å². The van der Waals surface area contributed by atoms with E-state index >= 15 is 0 Å². The van der Waals surface area contributed by atoms with E-state index in [9.17, 15) is 19.5 Å². The highest BCUT2D eigenvalue weighted by Gasteiger charge is 2.31. The molecule has 0 saturated carbocycles. The van der Waals surface area contributed by atoms with Crippen LogP contribution in [0.2, 0.25) is 0 Å². The summed E-state index contributed by atoms with van der Waals surface area (Å²) in [6.07, 6.45) is -1.45. The Morgan fingerprint density at radius 2 is 1.58 bits per heavy atom. The zero-order valence-electron chi connectivity index (χ0n) is 18.4. The number of para-hydroxylation sites is 1. The largest absolute Gasteiger partial charge is 0.506 e. The van der Waals surface area contributed by atoms with Gasteiger partial charge in [0.25, 0.3) is 11.8 Å². The van der Waals surface area contributed by atoms with Gasteiger partial charge < -0.3 is 14.6 Å². The molecule has 11 heteroatoms. The minimum atomic E-state index is -1.36. The lowest BCUT2D eigenvalue weighted by atomic mass is 10.0. The Kier molecular flexibility index (Phi) is 9.62. The summed E-state index contributed by atoms with van der Waals surface area (Å²) in [4.78, 5) is 36.9. The fourth-order valence-corrected chi connectivity index (χ4v) is 4.35. The molecule has 0 aromatic heterocycles. The number of halogens is 2. The van der Waals surface area contributed by atoms with E-state index in [4.69, 9.17) is 14.7 Å². The van der Waals surface area contributed by atoms with Gasteiger partial charge in [0, 0.05) is 21.7 Å². The second-order valence-electron chi connectivity index (χ2n) is 7.20. The van der Waals surface area contributed by atoms with Gasteiger partial charge in [-0.1, -0.05) is 52.3 Å². The van der Waals surface area contributed by atoms with Crippen molar-refractivity contribution in [1.29, 1.82) is 0 Å². The number of carbonyl (C=O) groups excluding carboxylic acids is 3. The molecule has 0 fully saturated rings. The van der Waals surface area contributed by atoms with Gasteiger partial charge >= 0.3 is 6.09 Å². The quantitative estimate of drug-likeness (QED) is 0.158. The number of rotatable bonds is 8. The number of hydrogen-bond donors (Lipinski definition) is 4. The van der Waals surface area contributed by atoms with Crippen LogP contribution in [0.5, 0.6) is 11.5 Å². The van der Waals surface area contributed by atoms with Crippen molar-refractivity contribution >= 4 is 49.8 Å². The molecule has 36 heavy (non-hydrogen) atoms. The van der Waals surface area contributed by atoms with E-state index in [1.54, 1.807) is 54.6 Å². The van der Waals surface area contributed by atoms with Crippen LogP contribution in [0.25, 0.3) is 0 Å². The Morgan fingerprint density at radius 3 is 2.22 bits per heavy atom. The van der Waals surface area contributed by atoms with Crippen LogP contribution in [0.1, 0.15) is 22.0 Å². The summed E-state index contributed by atoms with van der Waals surface area (Å²) >= 11 is 6.58. The summed E-state index contributed by atoms with van der Waals surface area (Å²) in [5.74, 6) is -1.46. The number of aromatic hydroxyl groups is 1. The molecule has 186 valence electrons. The Labute approximate surface area is 222 Å². The van der Waals surface area contributed by atoms with Crippen LogP contribution in [0.4, 0.5) is 4.79 Å². The zero-order chi connectivity index (χ0) is 26.1. The van der Waals surface area contributed by atoms with Crippen molar-refractivity contribution in [3.8, 4) is 11.5 Å². The van der Waals surface area contributed by atoms with Gasteiger partial charge in [-0.25, -0.2) is 10.3 Å². The third kappa shape index (κ3) is 7.41. The predicted octanol–water partition coefficient (Wildman–Crippen LogP) is 5.03. The molecule has 3 rings (SSSR count). The second kappa shape index (κ2) is 12.9. The molecule has 0 aliphatic carbocycles. The molecule has 0 radical (unpaired) electrons. The van der Waals surface area contributed by atoms with E-state index in [1.165, 1.54) is 29.8 Å². The third-order valence-electron chi connectivity index (χ3n) is 4.71. The fraction of sp³-hybridized carbons (Fsp3) is 0.0800. The average Bonchev–Trinajstić information content (AvgIpc) is 2.88. The highest BCUT2D eigenvalue weighted by molar-refractivity contribution is 9.11. The van der Waals surface area contributed by atoms with Crippen molar-refractivity contribution < 1.29 is 34.2 Å². The number of nitrogens with one attached hydrogen (secondary N) is 2. The first-order chi connectivity index (χ1) is 17.3. The Hall–Kier alpha value is -3.67. The first kappa shape index (κ1) is 26.9. The summed E-state index contributed by atoms with van der Waals surface area (Å²) in [6, 6.07) is 19.6. The van der Waals surface area contributed by atoms with Crippen LogP contribution in [0.3, 0.4) is 0 Å². The van der Waals surface area contributed by atoms with E-state index in [-0.39, 0.29) is 21.3 Å². The Morgan fingerprint density at radius 1 is 0.944 bits per heavy atom. The second-order valence-corrected chi connectivity index (χ2v) is 8.97. The highest BCUT2D eigenvalue weighted by Crippen LogP contribution is 2.39. The topological polar surface area (TPSA) is 134 Å². The number of benzene rings is 3. The maximum atomic E-state index is 12.8. The maximum Gasteiger partial charge on any atom is 0.414 e. The number of alkyl carbamates (subject to hydrolysis) is 1. The lowest BCUT2D eigenvalue weighted by molar-refractivity contribution is -0.124. The smallest absolute Gasteiger partial charge is 0.414 e. The number of hydroxylamine groups is 1. The molecular weight excluding hydrogens is 600 g/mol. The lowest BCUT2D eigenvalue weighted by Crippen LogP contribution is -2.36. The molecule has 0 unspecified atom stereocenters. The molecular formula is C25H20Br2N2O7. The van der Waals surface area contributed by atoms with E-state index in [2.05, 4.69) is 37.2 Å². The van der Waals surface area contributed by atoms with Crippen molar-refractivity contribution in [3.05, 3.63) is 105 Å². The molecule has 4 N–H and O–H groups in total. The average molecular weight is 620 g/mol. The maximum absolute atomic E-state index is 12.8. The van der Waals surface area contributed by atoms with Gasteiger partial charge in [0.15, 0.2) is 12.2 Å². The van der Waals surface area contributed by atoms with Gasteiger partial charge in [-0.2, -0.15) is 0 Å². The molecule has 3 aromatic rings. The van der Waals surface area contributed by atoms with E-state index < -0.39 is 30.1 Å². The first-order valence-electron chi connectivity index (χ1n) is 10.4. The number of imide groups is 1. The fourth-order valence-electron chi connectivity index (χ4n) is 3.09. The molecule has 9 nitrogen and oxygen atoms in total. The molecule has 3 amide bonds. The zero-order valence-corrected chi connectivity index (χ0v) is 21.6. The molecule has 0 heterocycles. The summed E-state index contributed by atoms with van der Waals surface area (Å²) in [5.41, 5.74) is 1.80. The van der Waals surface area contributed by atoms with Crippen molar-refractivity contribution in [3.63, 3.8) is 0 Å². The Bertz CT molecular complexity index is 1250. The van der Waals surface area contributed by atoms with Crippen LogP contribution >= 0.6 is 31.9 Å². The van der Waals surface area contributed by atoms with E-state index in [0.717, 1.165) is 6.08 Å². The number of amides is 3. The first-order valence-corrected chi connectivity index (χ1v) is 12.0. The normalized spacial score (nSPS) is 12.4. The number of phenols is 1. The number of ether oxygens (including phenoxy) is 2. The summed E-state index contributed by atoms with van der Waals surface area (Å²) in [6.45, 7) is 0. The van der Waals surface area contributed by atoms with Crippen LogP contribution in [0.15, 0.2) is 93.9 Å². The van der Waals surface area contributed by atoms with Crippen LogP contribution in [0, 0.1) is 0 Å². The van der Waals surface area contributed by atoms with Gasteiger partial charge in [-0.3, -0.25) is 20.1 Å². The highest BCUT2D eigenvalue weighted by atomic mass is 79.9. The van der Waals surface area contributed by atoms with Gasteiger partial charge in [0.1, 0.15) is 11.5 Å². The molecule has 3 aromatic carbocycles. The Balaban J connectivity index is 2.00. The minimum absolute atomic E-state index is 0.105. The lowest BCUT2D eigenvalue weighted by Gasteiger charge is -2.27. The number of carbonyl (C=O) groups is 3. The summed E-state index contributed by atoms with van der Waals surface area (Å²) in [5, 5.41) is 21.8. The van der Waals surface area contributed by atoms with Crippen molar-refractivity contribution in [2.75, 3.05) is 0 Å². The molecule has 0 aliphatic heterocycles. The van der Waals surface area contributed by atoms with Gasteiger partial charge in [-0.15, -0.1) is 0 Å². The van der Waals surface area contributed by atoms with Gasteiger partial charge in [0.05, 0.1) is 4.47 Å². The van der Waals surface area contributed by atoms with Crippen LogP contribution in [-0.4, -0.2) is 34.3 Å². The van der Waals surface area contributed by atoms with Crippen molar-refractivity contribution in [2.45, 2.75) is 12.2 Å². The monoisotopic (exact) mass is 618 g/mol. The summed E-state index contributed by atoms with van der Waals surface area (Å²) in [7, 11) is 0. The van der Waals surface area contributed by atoms with E-state index in [1.807, 2.05) is 0 Å². The van der Waals surface area contributed by atoms with Gasteiger partial charge in [-0.05, 0) is 58.4 Å². The molecule has 0 spiro atoms.